The number of hydrogen-bond donors (Lipinski definition) is 1. The molecule has 1 N–H and O–H groups in total. The first kappa shape index (κ1) is 12.6. The van der Waals surface area contributed by atoms with Gasteiger partial charge in [0, 0.05) is 25.4 Å². The number of aliphatic hydroxyl groups is 1. The lowest BCUT2D eigenvalue weighted by atomic mass is 9.74. The van der Waals surface area contributed by atoms with Gasteiger partial charge in [0.15, 0.2) is 0 Å². The Hall–Kier alpha value is -0.830. The van der Waals surface area contributed by atoms with Gasteiger partial charge >= 0.3 is 0 Å². The first-order valence-corrected chi connectivity index (χ1v) is 6.88. The maximum absolute atomic E-state index is 10.8. The molecule has 2 atom stereocenters. The first-order valence-electron chi connectivity index (χ1n) is 6.88. The number of aryl methyl sites for hydroxylation is 1. The lowest BCUT2D eigenvalue weighted by Crippen LogP contribution is -2.42. The molecule has 1 aromatic rings. The van der Waals surface area contributed by atoms with Gasteiger partial charge in [0.25, 0.3) is 0 Å². The first-order chi connectivity index (χ1) is 8.15. The Morgan fingerprint density at radius 3 is 3.06 bits per heavy atom. The third-order valence-corrected chi connectivity index (χ3v) is 4.14. The summed E-state index contributed by atoms with van der Waals surface area (Å²) in [6, 6.07) is 0. The lowest BCUT2D eigenvalue weighted by molar-refractivity contribution is -0.0425. The molecule has 3 nitrogen and oxygen atoms in total. The SMILES string of the molecule is CCCn1ccnc1CC1(O)CCCCC1C. The molecule has 17 heavy (non-hydrogen) atoms. The normalized spacial score (nSPS) is 29.5. The highest BCUT2D eigenvalue weighted by molar-refractivity contribution is 5.01. The molecular formula is C14H24N2O. The standard InChI is InChI=1S/C14H24N2O/c1-3-9-16-10-8-15-13(16)11-14(17)7-5-4-6-12(14)2/h8,10,12,17H,3-7,9,11H2,1-2H3. The number of hydrogen-bond acceptors (Lipinski definition) is 2. The van der Waals surface area contributed by atoms with Gasteiger partial charge in [-0.25, -0.2) is 4.98 Å². The summed E-state index contributed by atoms with van der Waals surface area (Å²) in [5, 5.41) is 10.8. The molecule has 0 saturated heterocycles. The van der Waals surface area contributed by atoms with Gasteiger partial charge in [0.05, 0.1) is 5.60 Å². The van der Waals surface area contributed by atoms with Crippen LogP contribution in [0.1, 0.15) is 51.8 Å². The molecule has 1 aromatic heterocycles. The van der Waals surface area contributed by atoms with Crippen molar-refractivity contribution in [2.24, 2.45) is 5.92 Å². The van der Waals surface area contributed by atoms with Crippen molar-refractivity contribution in [2.45, 2.75) is 64.5 Å². The molecule has 0 radical (unpaired) electrons. The third-order valence-electron chi connectivity index (χ3n) is 4.14. The second-order valence-corrected chi connectivity index (χ2v) is 5.46. The van der Waals surface area contributed by atoms with Gasteiger partial charge in [-0.05, 0) is 25.2 Å². The zero-order valence-corrected chi connectivity index (χ0v) is 11.0. The van der Waals surface area contributed by atoms with Gasteiger partial charge < -0.3 is 9.67 Å². The molecule has 2 unspecified atom stereocenters. The van der Waals surface area contributed by atoms with Crippen LogP contribution in [0.5, 0.6) is 0 Å². The van der Waals surface area contributed by atoms with Crippen LogP contribution in [-0.2, 0) is 13.0 Å². The summed E-state index contributed by atoms with van der Waals surface area (Å²) < 4.78 is 2.18. The predicted octanol–water partition coefficient (Wildman–Crippen LogP) is 2.78. The number of nitrogens with zero attached hydrogens (tertiary/aromatic N) is 2. The molecule has 1 saturated carbocycles. The summed E-state index contributed by atoms with van der Waals surface area (Å²) >= 11 is 0. The van der Waals surface area contributed by atoms with Crippen molar-refractivity contribution >= 4 is 0 Å². The van der Waals surface area contributed by atoms with Gasteiger partial charge in [-0.3, -0.25) is 0 Å². The van der Waals surface area contributed by atoms with Crippen LogP contribution in [0.15, 0.2) is 12.4 Å². The highest BCUT2D eigenvalue weighted by atomic mass is 16.3. The molecule has 0 aliphatic heterocycles. The smallest absolute Gasteiger partial charge is 0.111 e. The molecule has 1 aliphatic carbocycles. The fourth-order valence-electron chi connectivity index (χ4n) is 2.88. The van der Waals surface area contributed by atoms with E-state index in [0.717, 1.165) is 38.1 Å². The van der Waals surface area contributed by atoms with Crippen molar-refractivity contribution in [1.82, 2.24) is 9.55 Å². The Bertz CT molecular complexity index is 361. The van der Waals surface area contributed by atoms with Crippen LogP contribution in [0.25, 0.3) is 0 Å². The molecule has 0 bridgehead atoms. The Morgan fingerprint density at radius 1 is 1.53 bits per heavy atom. The van der Waals surface area contributed by atoms with E-state index in [1.54, 1.807) is 0 Å². The second-order valence-electron chi connectivity index (χ2n) is 5.46. The second kappa shape index (κ2) is 5.21. The van der Waals surface area contributed by atoms with E-state index in [1.165, 1.54) is 6.42 Å². The molecule has 2 rings (SSSR count). The van der Waals surface area contributed by atoms with Crippen LogP contribution in [0, 0.1) is 5.92 Å². The summed E-state index contributed by atoms with van der Waals surface area (Å²) in [7, 11) is 0. The molecule has 96 valence electrons. The quantitative estimate of drug-likeness (QED) is 0.873. The summed E-state index contributed by atoms with van der Waals surface area (Å²) in [4.78, 5) is 4.41. The minimum Gasteiger partial charge on any atom is -0.389 e. The van der Waals surface area contributed by atoms with Crippen molar-refractivity contribution in [3.63, 3.8) is 0 Å². The highest BCUT2D eigenvalue weighted by Crippen LogP contribution is 2.35. The highest BCUT2D eigenvalue weighted by Gasteiger charge is 2.37. The fraction of sp³-hybridized carbons (Fsp3) is 0.786. The summed E-state index contributed by atoms with van der Waals surface area (Å²) in [5.74, 6) is 1.44. The number of rotatable bonds is 4. The van der Waals surface area contributed by atoms with E-state index < -0.39 is 5.60 Å². The van der Waals surface area contributed by atoms with Crippen molar-refractivity contribution in [3.05, 3.63) is 18.2 Å². The topological polar surface area (TPSA) is 38.0 Å². The Balaban J connectivity index is 2.10. The van der Waals surface area contributed by atoms with Gasteiger partial charge in [-0.2, -0.15) is 0 Å². The minimum atomic E-state index is -0.533. The van der Waals surface area contributed by atoms with E-state index in [9.17, 15) is 5.11 Å². The third kappa shape index (κ3) is 2.71. The van der Waals surface area contributed by atoms with Crippen molar-refractivity contribution in [1.29, 1.82) is 0 Å². The number of aromatic nitrogens is 2. The fourth-order valence-corrected chi connectivity index (χ4v) is 2.88. The number of imidazole rings is 1. The van der Waals surface area contributed by atoms with E-state index in [-0.39, 0.29) is 0 Å². The average molecular weight is 236 g/mol. The summed E-state index contributed by atoms with van der Waals surface area (Å²) in [6.45, 7) is 5.34. The molecule has 1 fully saturated rings. The van der Waals surface area contributed by atoms with Gasteiger partial charge in [0.1, 0.15) is 5.82 Å². The van der Waals surface area contributed by atoms with Crippen LogP contribution in [-0.4, -0.2) is 20.3 Å². The van der Waals surface area contributed by atoms with Gasteiger partial charge in [0.2, 0.25) is 0 Å². The van der Waals surface area contributed by atoms with E-state index in [4.69, 9.17) is 0 Å². The molecule has 0 aromatic carbocycles. The summed E-state index contributed by atoms with van der Waals surface area (Å²) in [6.07, 6.45) is 10.2. The van der Waals surface area contributed by atoms with Crippen molar-refractivity contribution in [2.75, 3.05) is 0 Å². The van der Waals surface area contributed by atoms with Crippen LogP contribution in [0.2, 0.25) is 0 Å². The van der Waals surface area contributed by atoms with E-state index in [0.29, 0.717) is 12.3 Å². The van der Waals surface area contributed by atoms with Crippen LogP contribution in [0.4, 0.5) is 0 Å². The maximum Gasteiger partial charge on any atom is 0.111 e. The average Bonchev–Trinajstić information content (AvgIpc) is 2.71. The Morgan fingerprint density at radius 2 is 2.35 bits per heavy atom. The van der Waals surface area contributed by atoms with Gasteiger partial charge in [-0.15, -0.1) is 0 Å². The van der Waals surface area contributed by atoms with E-state index in [1.807, 2.05) is 12.4 Å². The monoisotopic (exact) mass is 236 g/mol. The zero-order valence-electron chi connectivity index (χ0n) is 11.0. The molecule has 0 amide bonds. The van der Waals surface area contributed by atoms with Crippen molar-refractivity contribution < 1.29 is 5.11 Å². The van der Waals surface area contributed by atoms with Crippen LogP contribution in [0.3, 0.4) is 0 Å². The largest absolute Gasteiger partial charge is 0.389 e. The Kier molecular flexibility index (Phi) is 3.87. The molecule has 1 aliphatic rings. The molecule has 1 heterocycles. The minimum absolute atomic E-state index is 0.392. The molecule has 0 spiro atoms. The van der Waals surface area contributed by atoms with Gasteiger partial charge in [-0.1, -0.05) is 26.7 Å². The maximum atomic E-state index is 10.8. The van der Waals surface area contributed by atoms with Crippen molar-refractivity contribution in [3.8, 4) is 0 Å². The Labute approximate surface area is 104 Å². The lowest BCUT2D eigenvalue weighted by Gasteiger charge is -2.38. The molecular weight excluding hydrogens is 212 g/mol. The summed E-state index contributed by atoms with van der Waals surface area (Å²) in [5.41, 5.74) is -0.533. The zero-order chi connectivity index (χ0) is 12.3. The molecule has 3 heteroatoms. The van der Waals surface area contributed by atoms with E-state index >= 15 is 0 Å². The predicted molar refractivity (Wildman–Crippen MR) is 68.8 cm³/mol. The van der Waals surface area contributed by atoms with Crippen LogP contribution >= 0.6 is 0 Å². The van der Waals surface area contributed by atoms with E-state index in [2.05, 4.69) is 23.4 Å². The van der Waals surface area contributed by atoms with Crippen LogP contribution < -0.4 is 0 Å².